The zero-order valence-electron chi connectivity index (χ0n) is 33.5. The van der Waals surface area contributed by atoms with E-state index in [0.29, 0.717) is 80.9 Å². The average Bonchev–Trinajstić information content (AvgIpc) is 3.73. The van der Waals surface area contributed by atoms with E-state index in [0.717, 1.165) is 44.5 Å². The molecule has 9 nitrogen and oxygen atoms in total. The Morgan fingerprint density at radius 1 is 0.983 bits per heavy atom. The number of allylic oxidation sites excluding steroid dienone is 3. The van der Waals surface area contributed by atoms with Crippen molar-refractivity contribution >= 4 is 73.9 Å². The van der Waals surface area contributed by atoms with Crippen LogP contribution in [-0.2, 0) is 20.1 Å². The second kappa shape index (κ2) is 16.2. The van der Waals surface area contributed by atoms with Gasteiger partial charge in [-0.25, -0.2) is 4.79 Å². The molecule has 0 unspecified atom stereocenters. The van der Waals surface area contributed by atoms with E-state index in [2.05, 4.69) is 18.1 Å². The van der Waals surface area contributed by atoms with Crippen LogP contribution in [0.4, 0.5) is 5.69 Å². The molecule has 1 amide bonds. The molecule has 0 fully saturated rings. The zero-order chi connectivity index (χ0) is 41.6. The Labute approximate surface area is 348 Å². The van der Waals surface area contributed by atoms with Crippen molar-refractivity contribution in [3.63, 3.8) is 0 Å². The molecule has 0 bridgehead atoms. The summed E-state index contributed by atoms with van der Waals surface area (Å²) in [5.41, 5.74) is 8.69. The Bertz CT molecular complexity index is 2670. The van der Waals surface area contributed by atoms with Crippen LogP contribution < -0.4 is 14.4 Å². The Morgan fingerprint density at radius 3 is 2.34 bits per heavy atom. The number of ether oxygens (including phenoxy) is 2. The lowest BCUT2D eigenvalue weighted by molar-refractivity contribution is 0.0686. The van der Waals surface area contributed by atoms with Gasteiger partial charge >= 0.3 is 5.97 Å². The van der Waals surface area contributed by atoms with Crippen LogP contribution in [0.2, 0.25) is 10.0 Å². The Kier molecular flexibility index (Phi) is 11.3. The van der Waals surface area contributed by atoms with Crippen molar-refractivity contribution in [2.75, 3.05) is 18.1 Å². The minimum absolute atomic E-state index is 0.0728. The monoisotopic (exact) mass is 816 g/mol. The summed E-state index contributed by atoms with van der Waals surface area (Å²) in [6.07, 6.45) is 2.83. The highest BCUT2D eigenvalue weighted by Gasteiger charge is 2.38. The minimum Gasteiger partial charge on any atom is -0.494 e. The third kappa shape index (κ3) is 7.18. The van der Waals surface area contributed by atoms with Gasteiger partial charge in [0, 0.05) is 52.3 Å². The maximum Gasteiger partial charge on any atom is 0.352 e. The van der Waals surface area contributed by atoms with Gasteiger partial charge in [-0.1, -0.05) is 72.3 Å². The number of carboxylic acid groups (broad SMARTS) is 1. The Balaban J connectivity index is 1.37. The van der Waals surface area contributed by atoms with Crippen molar-refractivity contribution in [2.24, 2.45) is 7.05 Å². The van der Waals surface area contributed by atoms with Crippen molar-refractivity contribution in [2.45, 2.75) is 60.1 Å². The number of aromatic carboxylic acids is 1. The summed E-state index contributed by atoms with van der Waals surface area (Å²) in [5, 5.41) is 21.7. The van der Waals surface area contributed by atoms with E-state index in [1.165, 1.54) is 0 Å². The maximum absolute atomic E-state index is 15.3. The van der Waals surface area contributed by atoms with Crippen LogP contribution in [0.25, 0.3) is 27.4 Å². The van der Waals surface area contributed by atoms with Gasteiger partial charge in [-0.05, 0) is 112 Å². The summed E-state index contributed by atoms with van der Waals surface area (Å²) in [4.78, 5) is 29.5. The summed E-state index contributed by atoms with van der Waals surface area (Å²) in [6, 6.07) is 22.4. The van der Waals surface area contributed by atoms with Crippen LogP contribution in [0.3, 0.4) is 0 Å². The number of fused-ring (bicyclic) bond motifs is 4. The van der Waals surface area contributed by atoms with E-state index in [1.807, 2.05) is 87.5 Å². The number of nitrogens with one attached hydrogen (secondary N) is 1. The highest BCUT2D eigenvalue weighted by Crippen LogP contribution is 2.45. The third-order valence-electron chi connectivity index (χ3n) is 11.0. The fraction of sp³-hybridized carbons (Fsp3) is 0.255. The summed E-state index contributed by atoms with van der Waals surface area (Å²) in [7, 11) is 1.70. The first-order valence-electron chi connectivity index (χ1n) is 19.2. The quantitative estimate of drug-likeness (QED) is 0.0685. The largest absolute Gasteiger partial charge is 0.494 e. The standard InChI is InChI=1S/C47H46Cl2N4O5/c1-8-26(2)40(30(6)50)41-36(48)17-16-34-33(15-12-20-57-32-21-27(3)42(49)28(4)22-32)45-46(54)52(24-29(5)53(45)44(34)41)37-18-19-39(58-25-31-13-10-9-11-14-31)43-35(37)23-38(47(55)56)51(43)7/h8-11,13-14,16-19,21-23,29,50H,1,12,15,20,24-25H2,2-7H3,(H,55,56)/b40-26+,50-30?/t29-/m1/s1. The van der Waals surface area contributed by atoms with Gasteiger partial charge in [-0.2, -0.15) is 0 Å². The number of rotatable bonds is 13. The lowest BCUT2D eigenvalue weighted by Crippen LogP contribution is -2.42. The van der Waals surface area contributed by atoms with Crippen LogP contribution in [0.1, 0.15) is 82.0 Å². The molecule has 11 heteroatoms. The normalized spacial score (nSPS) is 14.4. The molecule has 1 atom stereocenters. The number of carbonyl (C=O) groups excluding carboxylic acids is 1. The molecule has 6 aromatic rings. The molecule has 0 aliphatic carbocycles. The molecule has 0 spiro atoms. The number of anilines is 1. The van der Waals surface area contributed by atoms with Crippen LogP contribution in [0.15, 0.2) is 91.0 Å². The number of nitrogens with zero attached hydrogens (tertiary/aromatic N) is 3. The first-order chi connectivity index (χ1) is 27.7. The van der Waals surface area contributed by atoms with Gasteiger partial charge in [0.05, 0.1) is 28.4 Å². The van der Waals surface area contributed by atoms with Crippen molar-refractivity contribution in [1.82, 2.24) is 9.13 Å². The summed E-state index contributed by atoms with van der Waals surface area (Å²) in [5.74, 6) is -0.0776. The number of hydrogen-bond donors (Lipinski definition) is 2. The van der Waals surface area contributed by atoms with E-state index >= 15 is 4.79 Å². The molecule has 1 aliphatic heterocycles. The van der Waals surface area contributed by atoms with Gasteiger partial charge in [-0.3, -0.25) is 4.79 Å². The molecule has 0 radical (unpaired) electrons. The second-order valence-electron chi connectivity index (χ2n) is 15.0. The fourth-order valence-electron chi connectivity index (χ4n) is 8.30. The molecule has 7 rings (SSSR count). The van der Waals surface area contributed by atoms with Crippen molar-refractivity contribution < 1.29 is 24.2 Å². The van der Waals surface area contributed by atoms with Gasteiger partial charge in [0.2, 0.25) is 0 Å². The fourth-order valence-corrected chi connectivity index (χ4v) is 8.65. The minimum atomic E-state index is -1.09. The Hall–Kier alpha value is -5.77. The number of carboxylic acids is 1. The lowest BCUT2D eigenvalue weighted by Gasteiger charge is -2.35. The molecular formula is C47H46Cl2N4O5. The van der Waals surface area contributed by atoms with E-state index in [4.69, 9.17) is 38.1 Å². The Morgan fingerprint density at radius 2 is 1.69 bits per heavy atom. The smallest absolute Gasteiger partial charge is 0.352 e. The predicted octanol–water partition coefficient (Wildman–Crippen LogP) is 11.6. The molecule has 1 aliphatic rings. The molecule has 4 aromatic carbocycles. The molecule has 0 saturated carbocycles. The van der Waals surface area contributed by atoms with Crippen LogP contribution >= 0.6 is 23.2 Å². The average molecular weight is 818 g/mol. The zero-order valence-corrected chi connectivity index (χ0v) is 35.0. The van der Waals surface area contributed by atoms with E-state index in [9.17, 15) is 9.90 Å². The van der Waals surface area contributed by atoms with Crippen LogP contribution in [0.5, 0.6) is 11.5 Å². The number of benzene rings is 4. The highest BCUT2D eigenvalue weighted by atomic mass is 35.5. The second-order valence-corrected chi connectivity index (χ2v) is 15.8. The van der Waals surface area contributed by atoms with Gasteiger partial charge in [-0.15, -0.1) is 0 Å². The number of carbonyl (C=O) groups is 2. The summed E-state index contributed by atoms with van der Waals surface area (Å²) < 4.78 is 16.2. The maximum atomic E-state index is 15.3. The van der Waals surface area contributed by atoms with E-state index < -0.39 is 5.97 Å². The van der Waals surface area contributed by atoms with E-state index in [1.54, 1.807) is 35.6 Å². The van der Waals surface area contributed by atoms with Crippen LogP contribution in [0, 0.1) is 19.3 Å². The number of hydrogen-bond acceptors (Lipinski definition) is 5. The lowest BCUT2D eigenvalue weighted by atomic mass is 9.93. The van der Waals surface area contributed by atoms with Gasteiger partial charge < -0.3 is 34.0 Å². The number of aryl methyl sites for hydroxylation is 4. The number of halogens is 2. The first kappa shape index (κ1) is 40.4. The highest BCUT2D eigenvalue weighted by molar-refractivity contribution is 6.38. The number of aromatic nitrogens is 2. The molecule has 3 heterocycles. The van der Waals surface area contributed by atoms with Crippen molar-refractivity contribution in [3.8, 4) is 11.5 Å². The van der Waals surface area contributed by atoms with Gasteiger partial charge in [0.1, 0.15) is 29.5 Å². The molecule has 0 saturated heterocycles. The van der Waals surface area contributed by atoms with E-state index in [-0.39, 0.29) is 24.2 Å². The van der Waals surface area contributed by atoms with Crippen molar-refractivity contribution in [3.05, 3.63) is 140 Å². The van der Waals surface area contributed by atoms with Crippen molar-refractivity contribution in [1.29, 1.82) is 5.41 Å². The molecule has 298 valence electrons. The predicted molar refractivity (Wildman–Crippen MR) is 235 cm³/mol. The topological polar surface area (TPSA) is 110 Å². The number of amides is 1. The summed E-state index contributed by atoms with van der Waals surface area (Å²) in [6.45, 7) is 14.6. The third-order valence-corrected chi connectivity index (χ3v) is 11.9. The van der Waals surface area contributed by atoms with Gasteiger partial charge in [0.25, 0.3) is 5.91 Å². The molecule has 2 N–H and O–H groups in total. The van der Waals surface area contributed by atoms with Crippen LogP contribution in [-0.4, -0.2) is 45.0 Å². The summed E-state index contributed by atoms with van der Waals surface area (Å²) >= 11 is 13.5. The SMILES string of the molecule is C=C/C(C)=C(\C(C)=N)c1c(Cl)ccc2c(CCCOc3cc(C)c(Cl)c(C)c3)c3n(c12)[C@H](C)CN(c1ccc(OCc2ccccc2)c2c1cc(C(=O)O)n2C)C3=O. The molecule has 58 heavy (non-hydrogen) atoms. The van der Waals surface area contributed by atoms with Gasteiger partial charge in [0.15, 0.2) is 0 Å². The first-order valence-corrected chi connectivity index (χ1v) is 20.0. The molecule has 2 aromatic heterocycles. The molecular weight excluding hydrogens is 771 g/mol.